The van der Waals surface area contributed by atoms with Crippen LogP contribution in [0.3, 0.4) is 0 Å². The molecule has 0 radical (unpaired) electrons. The van der Waals surface area contributed by atoms with E-state index >= 15 is 0 Å². The zero-order valence-electron chi connectivity index (χ0n) is 10.6. The zero-order chi connectivity index (χ0) is 13.3. The third-order valence-electron chi connectivity index (χ3n) is 3.24. The van der Waals surface area contributed by atoms with Gasteiger partial charge in [-0.25, -0.2) is 0 Å². The van der Waals surface area contributed by atoms with Gasteiger partial charge in [-0.05, 0) is 37.1 Å². The summed E-state index contributed by atoms with van der Waals surface area (Å²) in [5, 5.41) is 19.5. The maximum absolute atomic E-state index is 10.9. The molecule has 1 atom stereocenters. The van der Waals surface area contributed by atoms with Crippen LogP contribution in [0.4, 0.5) is 0 Å². The van der Waals surface area contributed by atoms with Crippen LogP contribution in [-0.2, 0) is 17.8 Å². The van der Waals surface area contributed by atoms with Gasteiger partial charge in [-0.3, -0.25) is 4.79 Å². The van der Waals surface area contributed by atoms with E-state index in [1.165, 1.54) is 0 Å². The fraction of sp³-hybridized carbons (Fsp3) is 0.357. The number of nitrogens with zero attached hydrogens (tertiary/aromatic N) is 1. The van der Waals surface area contributed by atoms with E-state index in [1.54, 1.807) is 19.1 Å². The van der Waals surface area contributed by atoms with Crippen LogP contribution in [0.25, 0.3) is 10.9 Å². The standard InChI is InChI=1S/C14H17NO3/c1-3-15-8-10(6-9(2)14(17)18)12-7-11(16)4-5-13(12)15/h4-5,7-9,16H,3,6H2,1-2H3,(H,17,18). The Kier molecular flexibility index (Phi) is 3.28. The molecule has 0 spiro atoms. The van der Waals surface area contributed by atoms with Crippen molar-refractivity contribution in [2.24, 2.45) is 5.92 Å². The number of hydrogen-bond acceptors (Lipinski definition) is 2. The molecular weight excluding hydrogens is 230 g/mol. The Labute approximate surface area is 105 Å². The van der Waals surface area contributed by atoms with Gasteiger partial charge < -0.3 is 14.8 Å². The molecule has 4 heteroatoms. The number of benzene rings is 1. The van der Waals surface area contributed by atoms with Gasteiger partial charge in [-0.2, -0.15) is 0 Å². The second-order valence-corrected chi connectivity index (χ2v) is 4.59. The lowest BCUT2D eigenvalue weighted by atomic mass is 10.0. The van der Waals surface area contributed by atoms with Crippen LogP contribution in [0.1, 0.15) is 19.4 Å². The summed E-state index contributed by atoms with van der Waals surface area (Å²) in [6.07, 6.45) is 2.45. The fourth-order valence-electron chi connectivity index (χ4n) is 2.20. The summed E-state index contributed by atoms with van der Waals surface area (Å²) in [4.78, 5) is 10.9. The molecule has 0 bridgehead atoms. The first kappa shape index (κ1) is 12.5. The third-order valence-corrected chi connectivity index (χ3v) is 3.24. The van der Waals surface area contributed by atoms with Crippen molar-refractivity contribution in [1.29, 1.82) is 0 Å². The van der Waals surface area contributed by atoms with E-state index in [-0.39, 0.29) is 5.75 Å². The van der Waals surface area contributed by atoms with E-state index in [0.717, 1.165) is 23.0 Å². The molecule has 0 saturated carbocycles. The molecule has 1 heterocycles. The number of aromatic nitrogens is 1. The van der Waals surface area contributed by atoms with E-state index in [9.17, 15) is 9.90 Å². The number of rotatable bonds is 4. The number of phenols is 1. The number of hydrogen-bond donors (Lipinski definition) is 2. The van der Waals surface area contributed by atoms with Crippen molar-refractivity contribution in [3.63, 3.8) is 0 Å². The van der Waals surface area contributed by atoms with Gasteiger partial charge >= 0.3 is 5.97 Å². The van der Waals surface area contributed by atoms with Crippen molar-refractivity contribution >= 4 is 16.9 Å². The lowest BCUT2D eigenvalue weighted by Crippen LogP contribution is -2.11. The molecule has 0 saturated heterocycles. The summed E-state index contributed by atoms with van der Waals surface area (Å²) in [5.74, 6) is -1.02. The Balaban J connectivity index is 2.49. The van der Waals surface area contributed by atoms with Gasteiger partial charge in [0.05, 0.1) is 5.92 Å². The van der Waals surface area contributed by atoms with Crippen LogP contribution < -0.4 is 0 Å². The van der Waals surface area contributed by atoms with E-state index in [1.807, 2.05) is 19.2 Å². The van der Waals surface area contributed by atoms with Gasteiger partial charge in [0.2, 0.25) is 0 Å². The first-order chi connectivity index (χ1) is 8.52. The second kappa shape index (κ2) is 4.72. The average Bonchev–Trinajstić information content (AvgIpc) is 2.66. The topological polar surface area (TPSA) is 62.5 Å². The number of carbonyl (C=O) groups is 1. The Morgan fingerprint density at radius 1 is 1.44 bits per heavy atom. The summed E-state index contributed by atoms with van der Waals surface area (Å²) in [5.41, 5.74) is 2.00. The predicted molar refractivity (Wildman–Crippen MR) is 69.8 cm³/mol. The van der Waals surface area contributed by atoms with Crippen molar-refractivity contribution in [3.05, 3.63) is 30.0 Å². The van der Waals surface area contributed by atoms with Gasteiger partial charge in [0.1, 0.15) is 5.75 Å². The van der Waals surface area contributed by atoms with E-state index < -0.39 is 11.9 Å². The lowest BCUT2D eigenvalue weighted by molar-refractivity contribution is -0.141. The molecule has 0 amide bonds. The largest absolute Gasteiger partial charge is 0.508 e. The van der Waals surface area contributed by atoms with E-state index in [4.69, 9.17) is 5.11 Å². The minimum Gasteiger partial charge on any atom is -0.508 e. The van der Waals surface area contributed by atoms with Gasteiger partial charge in [0.25, 0.3) is 0 Å². The highest BCUT2D eigenvalue weighted by atomic mass is 16.4. The van der Waals surface area contributed by atoms with Crippen LogP contribution in [0.2, 0.25) is 0 Å². The molecule has 1 aromatic heterocycles. The average molecular weight is 247 g/mol. The molecular formula is C14H17NO3. The minimum absolute atomic E-state index is 0.209. The number of carboxylic acids is 1. The molecule has 2 N–H and O–H groups in total. The molecule has 0 aliphatic carbocycles. The van der Waals surface area contributed by atoms with Crippen LogP contribution >= 0.6 is 0 Å². The maximum Gasteiger partial charge on any atom is 0.306 e. The maximum atomic E-state index is 10.9. The Morgan fingerprint density at radius 3 is 2.78 bits per heavy atom. The first-order valence-electron chi connectivity index (χ1n) is 6.06. The molecule has 0 fully saturated rings. The molecule has 18 heavy (non-hydrogen) atoms. The number of aromatic hydroxyl groups is 1. The minimum atomic E-state index is -0.799. The van der Waals surface area contributed by atoms with Crippen molar-refractivity contribution in [3.8, 4) is 5.75 Å². The van der Waals surface area contributed by atoms with E-state index in [0.29, 0.717) is 6.42 Å². The Morgan fingerprint density at radius 2 is 2.17 bits per heavy atom. The molecule has 1 unspecified atom stereocenters. The van der Waals surface area contributed by atoms with E-state index in [2.05, 4.69) is 4.57 Å². The normalized spacial score (nSPS) is 12.8. The van der Waals surface area contributed by atoms with Crippen molar-refractivity contribution in [1.82, 2.24) is 4.57 Å². The molecule has 4 nitrogen and oxygen atoms in total. The number of carboxylic acid groups (broad SMARTS) is 1. The van der Waals surface area contributed by atoms with Gasteiger partial charge in [-0.15, -0.1) is 0 Å². The summed E-state index contributed by atoms with van der Waals surface area (Å²) in [6.45, 7) is 4.56. The van der Waals surface area contributed by atoms with Crippen molar-refractivity contribution in [2.45, 2.75) is 26.8 Å². The fourth-order valence-corrected chi connectivity index (χ4v) is 2.20. The monoisotopic (exact) mass is 247 g/mol. The molecule has 2 rings (SSSR count). The number of aryl methyl sites for hydroxylation is 1. The van der Waals surface area contributed by atoms with Crippen LogP contribution in [-0.4, -0.2) is 20.7 Å². The molecule has 0 aliphatic rings. The summed E-state index contributed by atoms with van der Waals surface area (Å²) < 4.78 is 2.07. The quantitative estimate of drug-likeness (QED) is 0.873. The van der Waals surface area contributed by atoms with Gasteiger partial charge in [0.15, 0.2) is 0 Å². The van der Waals surface area contributed by atoms with Gasteiger partial charge in [-0.1, -0.05) is 6.92 Å². The Bertz CT molecular complexity index is 586. The molecule has 0 aliphatic heterocycles. The summed E-state index contributed by atoms with van der Waals surface area (Å²) in [6, 6.07) is 5.22. The SMILES string of the molecule is CCn1cc(CC(C)C(=O)O)c2cc(O)ccc21. The van der Waals surface area contributed by atoms with Crippen molar-refractivity contribution < 1.29 is 15.0 Å². The van der Waals surface area contributed by atoms with Crippen LogP contribution in [0.5, 0.6) is 5.75 Å². The molecule has 2 aromatic rings. The third kappa shape index (κ3) is 2.18. The zero-order valence-corrected chi connectivity index (χ0v) is 10.6. The van der Waals surface area contributed by atoms with Crippen LogP contribution in [0.15, 0.2) is 24.4 Å². The smallest absolute Gasteiger partial charge is 0.306 e. The van der Waals surface area contributed by atoms with Gasteiger partial charge in [0, 0.05) is 23.6 Å². The molecule has 1 aromatic carbocycles. The number of fused-ring (bicyclic) bond motifs is 1. The highest BCUT2D eigenvalue weighted by Gasteiger charge is 2.16. The summed E-state index contributed by atoms with van der Waals surface area (Å²) >= 11 is 0. The molecule has 96 valence electrons. The number of phenolic OH excluding ortho intramolecular Hbond substituents is 1. The van der Waals surface area contributed by atoms with Crippen LogP contribution in [0, 0.1) is 5.92 Å². The predicted octanol–water partition coefficient (Wildman–Crippen LogP) is 2.63. The van der Waals surface area contributed by atoms with Crippen molar-refractivity contribution in [2.75, 3.05) is 0 Å². The lowest BCUT2D eigenvalue weighted by Gasteiger charge is -2.04. The number of aliphatic carboxylic acids is 1. The summed E-state index contributed by atoms with van der Waals surface area (Å²) in [7, 11) is 0. The Hall–Kier alpha value is -1.97. The first-order valence-corrected chi connectivity index (χ1v) is 6.06. The highest BCUT2D eigenvalue weighted by Crippen LogP contribution is 2.27. The highest BCUT2D eigenvalue weighted by molar-refractivity contribution is 5.86. The second-order valence-electron chi connectivity index (χ2n) is 4.59.